The smallest absolute Gasteiger partial charge is 0.144 e. The summed E-state index contributed by atoms with van der Waals surface area (Å²) in [6, 6.07) is 0. The first-order valence-electron chi connectivity index (χ1n) is 6.93. The molecule has 0 aromatic carbocycles. The first kappa shape index (κ1) is 15.1. The monoisotopic (exact) mass is 344 g/mol. The van der Waals surface area contributed by atoms with Crippen molar-refractivity contribution in [2.45, 2.75) is 46.1 Å². The van der Waals surface area contributed by atoms with Gasteiger partial charge in [0.2, 0.25) is 0 Å². The average molecular weight is 345 g/mol. The van der Waals surface area contributed by atoms with Gasteiger partial charge in [0.15, 0.2) is 0 Å². The number of halogens is 1. The number of nitrogens with one attached hydrogen (secondary N) is 1. The lowest BCUT2D eigenvalue weighted by molar-refractivity contribution is 0.0397. The maximum atomic E-state index is 5.85. The van der Waals surface area contributed by atoms with Crippen LogP contribution in [0.2, 0.25) is 0 Å². The third-order valence-corrected chi connectivity index (χ3v) is 4.64. The summed E-state index contributed by atoms with van der Waals surface area (Å²) in [5.41, 5.74) is 1.13. The van der Waals surface area contributed by atoms with E-state index >= 15 is 0 Å². The molecule has 1 aromatic rings. The van der Waals surface area contributed by atoms with Gasteiger partial charge in [-0.2, -0.15) is 0 Å². The Morgan fingerprint density at radius 2 is 2.16 bits per heavy atom. The molecule has 0 amide bonds. The second-order valence-corrected chi connectivity index (χ2v) is 6.71. The highest BCUT2D eigenvalue weighted by atomic mass is 79.9. The van der Waals surface area contributed by atoms with Crippen LogP contribution in [0.5, 0.6) is 0 Å². The highest BCUT2D eigenvalue weighted by Gasteiger charge is 2.34. The Morgan fingerprint density at radius 3 is 2.68 bits per heavy atom. The van der Waals surface area contributed by atoms with Crippen LogP contribution in [0.1, 0.15) is 51.2 Å². The van der Waals surface area contributed by atoms with Crippen molar-refractivity contribution >= 4 is 28.1 Å². The normalized spacial score (nSPS) is 16.9. The fraction of sp³-hybridized carbons (Fsp3) is 0.714. The van der Waals surface area contributed by atoms with Crippen molar-refractivity contribution in [3.63, 3.8) is 0 Å². The molecule has 0 saturated heterocycles. The largest absolute Gasteiger partial charge is 0.370 e. The van der Waals surface area contributed by atoms with Crippen molar-refractivity contribution in [2.24, 2.45) is 11.8 Å². The zero-order valence-electron chi connectivity index (χ0n) is 11.7. The standard InChI is InChI=1S/C14H21BrN2OS/c1-4-18-12(9-5-6-9)13-16-10(7-8(2)3)11(15)14(19)17-13/h8-9,12H,4-7H2,1-3H3,(H,16,17,19). The maximum Gasteiger partial charge on any atom is 0.144 e. The molecule has 1 unspecified atom stereocenters. The van der Waals surface area contributed by atoms with Crippen molar-refractivity contribution in [3.05, 3.63) is 20.6 Å². The van der Waals surface area contributed by atoms with Crippen molar-refractivity contribution in [1.29, 1.82) is 0 Å². The van der Waals surface area contributed by atoms with E-state index in [0.717, 1.165) is 22.4 Å². The van der Waals surface area contributed by atoms with Crippen LogP contribution < -0.4 is 0 Å². The van der Waals surface area contributed by atoms with Crippen LogP contribution in [-0.4, -0.2) is 16.6 Å². The van der Waals surface area contributed by atoms with E-state index in [1.807, 2.05) is 6.92 Å². The van der Waals surface area contributed by atoms with E-state index in [2.05, 4.69) is 39.7 Å². The number of hydrogen-bond donors (Lipinski definition) is 1. The number of H-pyrrole nitrogens is 1. The minimum absolute atomic E-state index is 0.0747. The van der Waals surface area contributed by atoms with E-state index in [1.165, 1.54) is 12.8 Å². The van der Waals surface area contributed by atoms with E-state index in [4.69, 9.17) is 17.0 Å². The number of rotatable bonds is 6. The molecule has 1 saturated carbocycles. The summed E-state index contributed by atoms with van der Waals surface area (Å²) in [5, 5.41) is 0. The number of aromatic amines is 1. The number of hydrogen-bond acceptors (Lipinski definition) is 3. The van der Waals surface area contributed by atoms with Gasteiger partial charge in [-0.15, -0.1) is 0 Å². The molecular formula is C14H21BrN2OS. The lowest BCUT2D eigenvalue weighted by atomic mass is 10.1. The van der Waals surface area contributed by atoms with Gasteiger partial charge in [-0.3, -0.25) is 0 Å². The topological polar surface area (TPSA) is 37.9 Å². The van der Waals surface area contributed by atoms with Crippen LogP contribution in [0.25, 0.3) is 0 Å². The van der Waals surface area contributed by atoms with E-state index < -0.39 is 0 Å². The second kappa shape index (κ2) is 6.46. The summed E-state index contributed by atoms with van der Waals surface area (Å²) < 4.78 is 7.41. The molecule has 106 valence electrons. The molecule has 0 bridgehead atoms. The fourth-order valence-corrected chi connectivity index (χ4v) is 2.80. The van der Waals surface area contributed by atoms with E-state index in [9.17, 15) is 0 Å². The number of ether oxygens (including phenoxy) is 1. The Kier molecular flexibility index (Phi) is 5.15. The molecule has 0 aliphatic heterocycles. The molecule has 0 spiro atoms. The molecule has 1 fully saturated rings. The van der Waals surface area contributed by atoms with E-state index in [-0.39, 0.29) is 6.10 Å². The van der Waals surface area contributed by atoms with Crippen LogP contribution in [0, 0.1) is 16.5 Å². The maximum absolute atomic E-state index is 5.85. The summed E-state index contributed by atoms with van der Waals surface area (Å²) >= 11 is 8.90. The Labute approximate surface area is 128 Å². The minimum Gasteiger partial charge on any atom is -0.370 e. The van der Waals surface area contributed by atoms with Gasteiger partial charge in [-0.1, -0.05) is 26.1 Å². The minimum atomic E-state index is 0.0747. The first-order valence-corrected chi connectivity index (χ1v) is 8.13. The van der Waals surface area contributed by atoms with Gasteiger partial charge in [-0.05, 0) is 54.0 Å². The van der Waals surface area contributed by atoms with Crippen LogP contribution in [-0.2, 0) is 11.2 Å². The molecule has 5 heteroatoms. The SMILES string of the molecule is CCOC(c1nc(=S)c(Br)c(CC(C)C)[nH]1)C1CC1. The van der Waals surface area contributed by atoms with Crippen molar-refractivity contribution < 1.29 is 4.74 Å². The molecule has 1 N–H and O–H groups in total. The first-order chi connectivity index (χ1) is 9.02. The van der Waals surface area contributed by atoms with Gasteiger partial charge in [0, 0.05) is 12.3 Å². The molecule has 19 heavy (non-hydrogen) atoms. The molecule has 0 radical (unpaired) electrons. The van der Waals surface area contributed by atoms with Gasteiger partial charge in [0.25, 0.3) is 0 Å². The molecule has 1 heterocycles. The third-order valence-electron chi connectivity index (χ3n) is 3.23. The zero-order valence-corrected chi connectivity index (χ0v) is 14.1. The molecule has 1 aromatic heterocycles. The molecule has 2 rings (SSSR count). The lowest BCUT2D eigenvalue weighted by Crippen LogP contribution is -2.13. The third kappa shape index (κ3) is 3.86. The van der Waals surface area contributed by atoms with Crippen LogP contribution in [0.15, 0.2) is 4.47 Å². The van der Waals surface area contributed by atoms with Gasteiger partial charge >= 0.3 is 0 Å². The van der Waals surface area contributed by atoms with Gasteiger partial charge < -0.3 is 9.72 Å². The van der Waals surface area contributed by atoms with Crippen LogP contribution in [0.3, 0.4) is 0 Å². The predicted molar refractivity (Wildman–Crippen MR) is 82.8 cm³/mol. The predicted octanol–water partition coefficient (Wildman–Crippen LogP) is 4.59. The Morgan fingerprint density at radius 1 is 1.47 bits per heavy atom. The van der Waals surface area contributed by atoms with E-state index in [1.54, 1.807) is 0 Å². The van der Waals surface area contributed by atoms with Crippen LogP contribution in [0.4, 0.5) is 0 Å². The summed E-state index contributed by atoms with van der Waals surface area (Å²) in [6.45, 7) is 7.13. The Hall–Kier alpha value is -0.260. The van der Waals surface area contributed by atoms with Crippen LogP contribution >= 0.6 is 28.1 Å². The molecule has 1 aliphatic rings. The number of aromatic nitrogens is 2. The van der Waals surface area contributed by atoms with Gasteiger partial charge in [-0.25, -0.2) is 4.98 Å². The molecular weight excluding hydrogens is 324 g/mol. The zero-order chi connectivity index (χ0) is 14.0. The quantitative estimate of drug-likeness (QED) is 0.767. The lowest BCUT2D eigenvalue weighted by Gasteiger charge is -2.18. The molecule has 1 atom stereocenters. The fourth-order valence-electron chi connectivity index (χ4n) is 2.23. The second-order valence-electron chi connectivity index (χ2n) is 5.53. The van der Waals surface area contributed by atoms with Gasteiger partial charge in [0.1, 0.15) is 16.6 Å². The summed E-state index contributed by atoms with van der Waals surface area (Å²) in [6.07, 6.45) is 3.49. The Balaban J connectivity index is 2.34. The average Bonchev–Trinajstić information content (AvgIpc) is 3.15. The highest BCUT2D eigenvalue weighted by Crippen LogP contribution is 2.42. The summed E-state index contributed by atoms with van der Waals surface area (Å²) in [4.78, 5) is 7.95. The summed E-state index contributed by atoms with van der Waals surface area (Å²) in [7, 11) is 0. The van der Waals surface area contributed by atoms with Crippen molar-refractivity contribution in [3.8, 4) is 0 Å². The Bertz CT molecular complexity index is 497. The van der Waals surface area contributed by atoms with Crippen molar-refractivity contribution in [1.82, 2.24) is 9.97 Å². The summed E-state index contributed by atoms with van der Waals surface area (Å²) in [5.74, 6) is 2.07. The molecule has 3 nitrogen and oxygen atoms in total. The van der Waals surface area contributed by atoms with Crippen molar-refractivity contribution in [2.75, 3.05) is 6.61 Å². The van der Waals surface area contributed by atoms with Gasteiger partial charge in [0.05, 0.1) is 4.47 Å². The molecule has 1 aliphatic carbocycles. The number of nitrogens with zero attached hydrogens (tertiary/aromatic N) is 1. The van der Waals surface area contributed by atoms with E-state index in [0.29, 0.717) is 23.1 Å². The highest BCUT2D eigenvalue weighted by molar-refractivity contribution is 9.10.